The molecule has 0 unspecified atom stereocenters. The largest absolute Gasteiger partial charge is 0.490 e. The molecule has 0 fully saturated rings. The van der Waals surface area contributed by atoms with E-state index in [-0.39, 0.29) is 0 Å². The van der Waals surface area contributed by atoms with E-state index in [0.717, 1.165) is 5.56 Å². The molecule has 0 atom stereocenters. The van der Waals surface area contributed by atoms with Gasteiger partial charge in [-0.15, -0.1) is 0 Å². The normalized spacial score (nSPS) is 9.91. The summed E-state index contributed by atoms with van der Waals surface area (Å²) in [6.07, 6.45) is 0.361. The molecule has 0 amide bonds. The molecule has 0 radical (unpaired) electrons. The fraction of sp³-hybridized carbons (Fsp3) is 0.125. The molecule has 0 heterocycles. The summed E-state index contributed by atoms with van der Waals surface area (Å²) in [7, 11) is 1.50. The highest BCUT2D eigenvalue weighted by Gasteiger charge is 2.10. The minimum absolute atomic E-state index is 0.361. The van der Waals surface area contributed by atoms with E-state index in [2.05, 4.69) is 6.07 Å². The highest BCUT2D eigenvalue weighted by atomic mass is 35.5. The van der Waals surface area contributed by atoms with Gasteiger partial charge in [0.2, 0.25) is 0 Å². The van der Waals surface area contributed by atoms with Crippen molar-refractivity contribution in [2.24, 2.45) is 0 Å². The van der Waals surface area contributed by atoms with E-state index in [4.69, 9.17) is 50.2 Å². The van der Waals surface area contributed by atoms with Crippen molar-refractivity contribution < 1.29 is 9.47 Å². The van der Waals surface area contributed by atoms with Gasteiger partial charge in [-0.1, -0.05) is 23.2 Å². The zero-order chi connectivity index (χ0) is 16.1. The molecule has 2 aromatic rings. The second-order valence-corrected chi connectivity index (χ2v) is 5.66. The fourth-order valence-corrected chi connectivity index (χ4v) is 2.40. The van der Waals surface area contributed by atoms with E-state index in [1.54, 1.807) is 36.4 Å². The Morgan fingerprint density at radius 2 is 2.00 bits per heavy atom. The third kappa shape index (κ3) is 4.11. The van der Waals surface area contributed by atoms with Crippen LogP contribution in [0.1, 0.15) is 11.1 Å². The minimum atomic E-state index is 0.361. The van der Waals surface area contributed by atoms with Gasteiger partial charge in [0.1, 0.15) is 11.5 Å². The lowest BCUT2D eigenvalue weighted by molar-refractivity contribution is 0.406. The predicted octanol–water partition coefficient (Wildman–Crippen LogP) is 5.17. The summed E-state index contributed by atoms with van der Waals surface area (Å²) in [4.78, 5) is 0. The van der Waals surface area contributed by atoms with E-state index in [0.29, 0.717) is 38.6 Å². The van der Waals surface area contributed by atoms with Gasteiger partial charge in [-0.2, -0.15) is 5.26 Å². The quantitative estimate of drug-likeness (QED) is 0.712. The van der Waals surface area contributed by atoms with Crippen LogP contribution in [0.2, 0.25) is 10.0 Å². The molecule has 0 aliphatic heterocycles. The molecule has 2 aromatic carbocycles. The van der Waals surface area contributed by atoms with Gasteiger partial charge < -0.3 is 9.47 Å². The van der Waals surface area contributed by atoms with Crippen LogP contribution in [0.4, 0.5) is 0 Å². The molecule has 2 rings (SSSR count). The zero-order valence-corrected chi connectivity index (χ0v) is 13.9. The molecule has 3 nitrogen and oxygen atoms in total. The third-order valence-corrected chi connectivity index (χ3v) is 3.72. The number of benzene rings is 2. The Hall–Kier alpha value is -1.80. The SMILES string of the molecule is COC(=S)Cc1cc(Oc2ccc(Cl)cc2Cl)ccc1C#N. The topological polar surface area (TPSA) is 42.2 Å². The maximum atomic E-state index is 9.15. The number of methoxy groups -OCH3 is 1. The van der Waals surface area contributed by atoms with Crippen molar-refractivity contribution in [2.75, 3.05) is 7.11 Å². The Balaban J connectivity index is 2.30. The number of nitrogens with zero attached hydrogens (tertiary/aromatic N) is 1. The Bertz CT molecular complexity index is 756. The number of hydrogen-bond acceptors (Lipinski definition) is 4. The van der Waals surface area contributed by atoms with Gasteiger partial charge in [0.15, 0.2) is 5.05 Å². The summed E-state index contributed by atoms with van der Waals surface area (Å²) in [5, 5.41) is 10.5. The number of ether oxygens (including phenoxy) is 2. The summed E-state index contributed by atoms with van der Waals surface area (Å²) in [6.45, 7) is 0. The maximum absolute atomic E-state index is 9.15. The smallest absolute Gasteiger partial charge is 0.163 e. The van der Waals surface area contributed by atoms with Crippen LogP contribution in [0.5, 0.6) is 11.5 Å². The van der Waals surface area contributed by atoms with E-state index < -0.39 is 0 Å². The maximum Gasteiger partial charge on any atom is 0.163 e. The highest BCUT2D eigenvalue weighted by Crippen LogP contribution is 2.32. The molecular formula is C16H11Cl2NO2S. The van der Waals surface area contributed by atoms with Crippen molar-refractivity contribution in [3.05, 3.63) is 57.6 Å². The summed E-state index contributed by atoms with van der Waals surface area (Å²) < 4.78 is 10.7. The first kappa shape index (κ1) is 16.6. The van der Waals surface area contributed by atoms with Crippen LogP contribution >= 0.6 is 35.4 Å². The average Bonchev–Trinajstić information content (AvgIpc) is 2.50. The van der Waals surface area contributed by atoms with Crippen LogP contribution in [0, 0.1) is 11.3 Å². The number of halogens is 2. The second kappa shape index (κ2) is 7.46. The average molecular weight is 352 g/mol. The van der Waals surface area contributed by atoms with Crippen LogP contribution < -0.4 is 4.74 Å². The first-order valence-electron chi connectivity index (χ1n) is 6.26. The predicted molar refractivity (Wildman–Crippen MR) is 91.0 cm³/mol. The molecule has 0 spiro atoms. The van der Waals surface area contributed by atoms with Crippen molar-refractivity contribution in [3.63, 3.8) is 0 Å². The number of nitriles is 1. The number of thiocarbonyl (C=S) groups is 1. The lowest BCUT2D eigenvalue weighted by Gasteiger charge is -2.11. The van der Waals surface area contributed by atoms with Crippen LogP contribution in [-0.4, -0.2) is 12.2 Å². The molecule has 0 bridgehead atoms. The van der Waals surface area contributed by atoms with Gasteiger partial charge in [-0.3, -0.25) is 0 Å². The van der Waals surface area contributed by atoms with Gasteiger partial charge in [-0.05, 0) is 54.2 Å². The van der Waals surface area contributed by atoms with Gasteiger partial charge >= 0.3 is 0 Å². The summed E-state index contributed by atoms with van der Waals surface area (Å²) in [5.41, 5.74) is 1.26. The first-order valence-corrected chi connectivity index (χ1v) is 7.42. The Morgan fingerprint density at radius 3 is 2.64 bits per heavy atom. The third-order valence-electron chi connectivity index (χ3n) is 2.88. The van der Waals surface area contributed by atoms with Gasteiger partial charge in [-0.25, -0.2) is 0 Å². The molecule has 0 aliphatic rings. The molecule has 0 aliphatic carbocycles. The molecule has 22 heavy (non-hydrogen) atoms. The summed E-state index contributed by atoms with van der Waals surface area (Å²) in [5.74, 6) is 1.04. The van der Waals surface area contributed by atoms with E-state index in [1.165, 1.54) is 7.11 Å². The Morgan fingerprint density at radius 1 is 1.23 bits per heavy atom. The van der Waals surface area contributed by atoms with Crippen molar-refractivity contribution in [1.82, 2.24) is 0 Å². The summed E-state index contributed by atoms with van der Waals surface area (Å²) >= 11 is 17.0. The van der Waals surface area contributed by atoms with E-state index in [1.807, 2.05) is 0 Å². The van der Waals surface area contributed by atoms with Gasteiger partial charge in [0.25, 0.3) is 0 Å². The number of rotatable bonds is 4. The second-order valence-electron chi connectivity index (χ2n) is 4.36. The Kier molecular flexibility index (Phi) is 5.62. The lowest BCUT2D eigenvalue weighted by atomic mass is 10.1. The molecular weight excluding hydrogens is 341 g/mol. The monoisotopic (exact) mass is 351 g/mol. The number of hydrogen-bond donors (Lipinski definition) is 0. The van der Waals surface area contributed by atoms with Crippen molar-refractivity contribution in [3.8, 4) is 17.6 Å². The fourth-order valence-electron chi connectivity index (χ4n) is 1.80. The van der Waals surface area contributed by atoms with Crippen molar-refractivity contribution in [1.29, 1.82) is 5.26 Å². The van der Waals surface area contributed by atoms with Gasteiger partial charge in [0, 0.05) is 11.4 Å². The van der Waals surface area contributed by atoms with Crippen molar-refractivity contribution >= 4 is 40.5 Å². The molecule has 0 saturated heterocycles. The molecule has 0 N–H and O–H groups in total. The lowest BCUT2D eigenvalue weighted by Crippen LogP contribution is -2.04. The molecule has 0 saturated carbocycles. The van der Waals surface area contributed by atoms with E-state index in [9.17, 15) is 0 Å². The molecule has 112 valence electrons. The van der Waals surface area contributed by atoms with Crippen LogP contribution in [0.3, 0.4) is 0 Å². The minimum Gasteiger partial charge on any atom is -0.490 e. The van der Waals surface area contributed by atoms with E-state index >= 15 is 0 Å². The first-order chi connectivity index (χ1) is 10.5. The molecule has 0 aromatic heterocycles. The standard InChI is InChI=1S/C16H11Cl2NO2S/c1-20-16(22)7-11-6-13(4-2-10(11)9-19)21-15-5-3-12(17)8-14(15)18/h2-6,8H,7H2,1H3. The zero-order valence-electron chi connectivity index (χ0n) is 11.6. The van der Waals surface area contributed by atoms with Crippen LogP contribution in [0.25, 0.3) is 0 Å². The van der Waals surface area contributed by atoms with Crippen molar-refractivity contribution in [2.45, 2.75) is 6.42 Å². The summed E-state index contributed by atoms with van der Waals surface area (Å²) in [6, 6.07) is 12.2. The van der Waals surface area contributed by atoms with Crippen LogP contribution in [-0.2, 0) is 11.2 Å². The molecule has 6 heteroatoms. The van der Waals surface area contributed by atoms with Gasteiger partial charge in [0.05, 0.1) is 23.8 Å². The highest BCUT2D eigenvalue weighted by molar-refractivity contribution is 7.80. The van der Waals surface area contributed by atoms with Crippen LogP contribution in [0.15, 0.2) is 36.4 Å². The Labute approximate surface area is 144 Å².